The predicted octanol–water partition coefficient (Wildman–Crippen LogP) is 2.80. The fourth-order valence-corrected chi connectivity index (χ4v) is 2.03. The molecule has 17 heavy (non-hydrogen) atoms. The zero-order chi connectivity index (χ0) is 12.4. The van der Waals surface area contributed by atoms with Gasteiger partial charge in [0.15, 0.2) is 5.82 Å². The van der Waals surface area contributed by atoms with Gasteiger partial charge >= 0.3 is 0 Å². The van der Waals surface area contributed by atoms with Gasteiger partial charge in [-0.2, -0.15) is 5.10 Å². The standard InChI is InChI=1S/C11H11FIN3O/c1-2-17-8-4-3-6(12)5-7(8)10-9(13)11(14)16-15-10/h3-5H,2H2,1H3,(H3,14,15,16). The number of nitrogens with one attached hydrogen (secondary N) is 1. The monoisotopic (exact) mass is 347 g/mol. The first-order valence-electron chi connectivity index (χ1n) is 5.05. The van der Waals surface area contributed by atoms with Crippen LogP contribution in [0.1, 0.15) is 6.92 Å². The molecule has 0 saturated carbocycles. The molecular formula is C11H11FIN3O. The van der Waals surface area contributed by atoms with Crippen LogP contribution in [0.2, 0.25) is 0 Å². The van der Waals surface area contributed by atoms with Crippen molar-refractivity contribution < 1.29 is 9.13 Å². The molecule has 0 aliphatic heterocycles. The Bertz CT molecular complexity index is 542. The number of H-pyrrole nitrogens is 1. The van der Waals surface area contributed by atoms with Crippen molar-refractivity contribution in [3.63, 3.8) is 0 Å². The Kier molecular flexibility index (Phi) is 3.51. The average Bonchev–Trinajstić information content (AvgIpc) is 2.63. The lowest BCUT2D eigenvalue weighted by molar-refractivity contribution is 0.341. The van der Waals surface area contributed by atoms with Gasteiger partial charge < -0.3 is 10.5 Å². The fraction of sp³-hybridized carbons (Fsp3) is 0.182. The summed E-state index contributed by atoms with van der Waals surface area (Å²) in [5.41, 5.74) is 6.95. The molecule has 0 bridgehead atoms. The van der Waals surface area contributed by atoms with Crippen molar-refractivity contribution in [3.05, 3.63) is 27.6 Å². The van der Waals surface area contributed by atoms with Gasteiger partial charge in [-0.3, -0.25) is 5.10 Å². The number of aromatic nitrogens is 2. The fourth-order valence-electron chi connectivity index (χ4n) is 1.50. The van der Waals surface area contributed by atoms with E-state index < -0.39 is 0 Å². The number of nitrogen functional groups attached to an aromatic ring is 1. The van der Waals surface area contributed by atoms with Gasteiger partial charge in [0.05, 0.1) is 15.9 Å². The van der Waals surface area contributed by atoms with Gasteiger partial charge in [0.1, 0.15) is 11.6 Å². The molecule has 4 nitrogen and oxygen atoms in total. The molecule has 0 amide bonds. The second kappa shape index (κ2) is 4.91. The Morgan fingerprint density at radius 2 is 2.29 bits per heavy atom. The highest BCUT2D eigenvalue weighted by Crippen LogP contribution is 2.34. The number of ether oxygens (including phenoxy) is 1. The summed E-state index contributed by atoms with van der Waals surface area (Å²) < 4.78 is 19.5. The minimum atomic E-state index is -0.326. The van der Waals surface area contributed by atoms with Crippen molar-refractivity contribution in [2.45, 2.75) is 6.92 Å². The Balaban J connectivity index is 2.56. The van der Waals surface area contributed by atoms with Gasteiger partial charge in [-0.1, -0.05) is 0 Å². The van der Waals surface area contributed by atoms with Crippen LogP contribution in [0.25, 0.3) is 11.3 Å². The van der Waals surface area contributed by atoms with Crippen LogP contribution >= 0.6 is 22.6 Å². The lowest BCUT2D eigenvalue weighted by Crippen LogP contribution is -1.96. The van der Waals surface area contributed by atoms with Crippen molar-refractivity contribution >= 4 is 28.4 Å². The number of hydrogen-bond donors (Lipinski definition) is 2. The zero-order valence-corrected chi connectivity index (χ0v) is 11.3. The number of aromatic amines is 1. The molecule has 0 aliphatic carbocycles. The smallest absolute Gasteiger partial charge is 0.159 e. The largest absolute Gasteiger partial charge is 0.493 e. The molecule has 6 heteroatoms. The van der Waals surface area contributed by atoms with Crippen LogP contribution in [-0.4, -0.2) is 16.8 Å². The van der Waals surface area contributed by atoms with Gasteiger partial charge in [0.2, 0.25) is 0 Å². The third-order valence-corrected chi connectivity index (χ3v) is 3.34. The Morgan fingerprint density at radius 1 is 1.53 bits per heavy atom. The van der Waals surface area contributed by atoms with E-state index in [2.05, 4.69) is 32.8 Å². The van der Waals surface area contributed by atoms with Crippen LogP contribution in [0, 0.1) is 9.39 Å². The van der Waals surface area contributed by atoms with Gasteiger partial charge in [-0.05, 0) is 47.7 Å². The summed E-state index contributed by atoms with van der Waals surface area (Å²) in [6.07, 6.45) is 0. The van der Waals surface area contributed by atoms with Crippen molar-refractivity contribution in [2.24, 2.45) is 0 Å². The molecular weight excluding hydrogens is 336 g/mol. The van der Waals surface area contributed by atoms with Crippen molar-refractivity contribution in [1.29, 1.82) is 0 Å². The van der Waals surface area contributed by atoms with Gasteiger partial charge in [0, 0.05) is 5.56 Å². The quantitative estimate of drug-likeness (QED) is 0.840. The molecule has 0 unspecified atom stereocenters. The highest BCUT2D eigenvalue weighted by Gasteiger charge is 2.15. The maximum absolute atomic E-state index is 13.3. The average molecular weight is 347 g/mol. The lowest BCUT2D eigenvalue weighted by atomic mass is 10.1. The maximum Gasteiger partial charge on any atom is 0.159 e. The molecule has 2 rings (SSSR count). The molecule has 1 heterocycles. The van der Waals surface area contributed by atoms with Gasteiger partial charge in [-0.15, -0.1) is 0 Å². The highest BCUT2D eigenvalue weighted by atomic mass is 127. The molecule has 0 spiro atoms. The van der Waals surface area contributed by atoms with Crippen LogP contribution in [0.3, 0.4) is 0 Å². The van der Waals surface area contributed by atoms with E-state index in [1.54, 1.807) is 6.07 Å². The summed E-state index contributed by atoms with van der Waals surface area (Å²) >= 11 is 2.06. The van der Waals surface area contributed by atoms with Crippen LogP contribution in [0.5, 0.6) is 5.75 Å². The van der Waals surface area contributed by atoms with E-state index >= 15 is 0 Å². The number of nitrogens with zero attached hydrogens (tertiary/aromatic N) is 1. The third kappa shape index (κ3) is 2.36. The molecule has 0 fully saturated rings. The summed E-state index contributed by atoms with van der Waals surface area (Å²) in [6, 6.07) is 4.36. The van der Waals surface area contributed by atoms with E-state index in [9.17, 15) is 4.39 Å². The molecule has 3 N–H and O–H groups in total. The second-order valence-electron chi connectivity index (χ2n) is 3.37. The van der Waals surface area contributed by atoms with Crippen LogP contribution < -0.4 is 10.5 Å². The van der Waals surface area contributed by atoms with Crippen molar-refractivity contribution in [3.8, 4) is 17.0 Å². The number of nitrogens with two attached hydrogens (primary N) is 1. The first-order chi connectivity index (χ1) is 8.13. The molecule has 0 saturated heterocycles. The van der Waals surface area contributed by atoms with Crippen LogP contribution in [0.15, 0.2) is 18.2 Å². The molecule has 0 radical (unpaired) electrons. The number of rotatable bonds is 3. The first kappa shape index (κ1) is 12.2. The summed E-state index contributed by atoms with van der Waals surface area (Å²) in [5, 5.41) is 6.68. The molecule has 1 aromatic carbocycles. The normalized spacial score (nSPS) is 10.5. The summed E-state index contributed by atoms with van der Waals surface area (Å²) in [5.74, 6) is 0.676. The maximum atomic E-state index is 13.3. The summed E-state index contributed by atoms with van der Waals surface area (Å²) in [7, 11) is 0. The minimum absolute atomic E-state index is 0.326. The summed E-state index contributed by atoms with van der Waals surface area (Å²) in [6.45, 7) is 2.39. The van der Waals surface area contributed by atoms with E-state index in [-0.39, 0.29) is 5.82 Å². The van der Waals surface area contributed by atoms with E-state index in [1.807, 2.05) is 6.92 Å². The SMILES string of the molecule is CCOc1ccc(F)cc1-c1[nH]nc(N)c1I. The van der Waals surface area contributed by atoms with E-state index in [0.717, 1.165) is 3.57 Å². The van der Waals surface area contributed by atoms with Crippen molar-refractivity contribution in [1.82, 2.24) is 10.2 Å². The first-order valence-corrected chi connectivity index (χ1v) is 6.13. The summed E-state index contributed by atoms with van der Waals surface area (Å²) in [4.78, 5) is 0. The van der Waals surface area contributed by atoms with Crippen LogP contribution in [-0.2, 0) is 0 Å². The molecule has 90 valence electrons. The molecule has 1 aromatic heterocycles. The minimum Gasteiger partial charge on any atom is -0.493 e. The van der Waals surface area contributed by atoms with E-state index in [0.29, 0.717) is 29.4 Å². The number of hydrogen-bond acceptors (Lipinski definition) is 3. The van der Waals surface area contributed by atoms with Crippen molar-refractivity contribution in [2.75, 3.05) is 12.3 Å². The Morgan fingerprint density at radius 3 is 2.88 bits per heavy atom. The van der Waals surface area contributed by atoms with Crippen LogP contribution in [0.4, 0.5) is 10.2 Å². The zero-order valence-electron chi connectivity index (χ0n) is 9.13. The number of anilines is 1. The molecule has 0 aliphatic rings. The van der Waals surface area contributed by atoms with Gasteiger partial charge in [-0.25, -0.2) is 4.39 Å². The number of benzene rings is 1. The highest BCUT2D eigenvalue weighted by molar-refractivity contribution is 14.1. The topological polar surface area (TPSA) is 63.9 Å². The Hall–Kier alpha value is -1.31. The van der Waals surface area contributed by atoms with E-state index in [4.69, 9.17) is 10.5 Å². The van der Waals surface area contributed by atoms with E-state index in [1.165, 1.54) is 12.1 Å². The molecule has 0 atom stereocenters. The predicted molar refractivity (Wildman–Crippen MR) is 72.3 cm³/mol. The van der Waals surface area contributed by atoms with Gasteiger partial charge in [0.25, 0.3) is 0 Å². The molecule has 2 aromatic rings. The lowest BCUT2D eigenvalue weighted by Gasteiger charge is -2.09. The second-order valence-corrected chi connectivity index (χ2v) is 4.45. The third-order valence-electron chi connectivity index (χ3n) is 2.24. The Labute approximate surface area is 111 Å². The number of halogens is 2.